The lowest BCUT2D eigenvalue weighted by atomic mass is 10.1. The molecule has 0 saturated carbocycles. The normalized spacial score (nSPS) is 9.31. The van der Waals surface area contributed by atoms with Gasteiger partial charge in [0.15, 0.2) is 0 Å². The zero-order valence-electron chi connectivity index (χ0n) is 6.98. The number of nitrogens with zero attached hydrogens (tertiary/aromatic N) is 1. The standard InChI is InChI=1S/C8H8N2O3/c1-13-5-2-3-6(8(9)11)7(4-5)10-12/h2-4H,1H3,(H2,9,11). The summed E-state index contributed by atoms with van der Waals surface area (Å²) < 4.78 is 4.84. The number of carbonyl (C=O) groups excluding carboxylic acids is 1. The number of nitroso groups, excluding NO2 is 1. The van der Waals surface area contributed by atoms with Crippen molar-refractivity contribution in [2.24, 2.45) is 10.9 Å². The van der Waals surface area contributed by atoms with E-state index in [0.717, 1.165) is 0 Å². The zero-order valence-corrected chi connectivity index (χ0v) is 6.98. The lowest BCUT2D eigenvalue weighted by Crippen LogP contribution is -2.10. The number of carbonyl (C=O) groups is 1. The summed E-state index contributed by atoms with van der Waals surface area (Å²) in [5.74, 6) is -0.225. The predicted molar refractivity (Wildman–Crippen MR) is 47.0 cm³/mol. The Balaban J connectivity index is 3.23. The van der Waals surface area contributed by atoms with Crippen molar-refractivity contribution in [2.45, 2.75) is 0 Å². The Morgan fingerprint density at radius 3 is 2.69 bits per heavy atom. The van der Waals surface area contributed by atoms with Gasteiger partial charge in [-0.15, -0.1) is 4.91 Å². The molecule has 0 aromatic heterocycles. The molecule has 13 heavy (non-hydrogen) atoms. The number of nitrogens with two attached hydrogens (primary N) is 1. The van der Waals surface area contributed by atoms with Crippen LogP contribution >= 0.6 is 0 Å². The van der Waals surface area contributed by atoms with Crippen molar-refractivity contribution in [1.29, 1.82) is 0 Å². The van der Waals surface area contributed by atoms with Crippen LogP contribution in [0.3, 0.4) is 0 Å². The Bertz CT molecular complexity index is 349. The van der Waals surface area contributed by atoms with Crippen LogP contribution in [-0.2, 0) is 0 Å². The molecule has 68 valence electrons. The van der Waals surface area contributed by atoms with Crippen LogP contribution < -0.4 is 10.5 Å². The van der Waals surface area contributed by atoms with Gasteiger partial charge in [-0.25, -0.2) is 0 Å². The number of primary amides is 1. The second-order valence-corrected chi connectivity index (χ2v) is 2.34. The molecule has 0 aliphatic heterocycles. The average Bonchev–Trinajstić information content (AvgIpc) is 2.16. The van der Waals surface area contributed by atoms with Gasteiger partial charge in [0.2, 0.25) is 0 Å². The van der Waals surface area contributed by atoms with E-state index in [4.69, 9.17) is 10.5 Å². The fourth-order valence-electron chi connectivity index (χ4n) is 0.922. The maximum Gasteiger partial charge on any atom is 0.251 e. The first kappa shape index (κ1) is 9.18. The SMILES string of the molecule is COc1ccc(C(N)=O)c(N=O)c1. The third kappa shape index (κ3) is 1.81. The minimum Gasteiger partial charge on any atom is -0.497 e. The van der Waals surface area contributed by atoms with Gasteiger partial charge in [-0.2, -0.15) is 0 Å². The Morgan fingerprint density at radius 1 is 1.54 bits per heavy atom. The average molecular weight is 180 g/mol. The van der Waals surface area contributed by atoms with Crippen molar-refractivity contribution in [3.8, 4) is 5.75 Å². The molecule has 1 aromatic rings. The zero-order chi connectivity index (χ0) is 9.84. The minimum atomic E-state index is -0.683. The topological polar surface area (TPSA) is 81.8 Å². The number of amides is 1. The summed E-state index contributed by atoms with van der Waals surface area (Å²) >= 11 is 0. The molecule has 0 aliphatic rings. The van der Waals surface area contributed by atoms with E-state index in [1.165, 1.54) is 25.3 Å². The van der Waals surface area contributed by atoms with Gasteiger partial charge < -0.3 is 10.5 Å². The second-order valence-electron chi connectivity index (χ2n) is 2.34. The summed E-state index contributed by atoms with van der Waals surface area (Å²) in [5, 5.41) is 2.67. The Kier molecular flexibility index (Phi) is 2.59. The molecule has 0 spiro atoms. The van der Waals surface area contributed by atoms with Gasteiger partial charge in [-0.1, -0.05) is 0 Å². The molecule has 0 fully saturated rings. The molecule has 0 unspecified atom stereocenters. The maximum atomic E-state index is 10.8. The van der Waals surface area contributed by atoms with Crippen LogP contribution in [0.1, 0.15) is 10.4 Å². The number of hydrogen-bond acceptors (Lipinski definition) is 4. The number of rotatable bonds is 3. The summed E-state index contributed by atoms with van der Waals surface area (Å²) in [6.45, 7) is 0. The quantitative estimate of drug-likeness (QED) is 0.709. The number of benzene rings is 1. The van der Waals surface area contributed by atoms with Gasteiger partial charge >= 0.3 is 0 Å². The highest BCUT2D eigenvalue weighted by Crippen LogP contribution is 2.24. The highest BCUT2D eigenvalue weighted by molar-refractivity contribution is 5.97. The first-order chi connectivity index (χ1) is 6.19. The molecule has 0 saturated heterocycles. The Morgan fingerprint density at radius 2 is 2.23 bits per heavy atom. The van der Waals surface area contributed by atoms with Gasteiger partial charge in [0.1, 0.15) is 11.4 Å². The highest BCUT2D eigenvalue weighted by atomic mass is 16.5. The van der Waals surface area contributed by atoms with Crippen LogP contribution in [-0.4, -0.2) is 13.0 Å². The molecule has 2 N–H and O–H groups in total. The first-order valence-electron chi connectivity index (χ1n) is 3.50. The Hall–Kier alpha value is -1.91. The van der Waals surface area contributed by atoms with Crippen LogP contribution in [0.25, 0.3) is 0 Å². The molecule has 1 amide bonds. The Labute approximate surface area is 74.5 Å². The molecular weight excluding hydrogens is 172 g/mol. The largest absolute Gasteiger partial charge is 0.497 e. The molecule has 0 radical (unpaired) electrons. The fourth-order valence-corrected chi connectivity index (χ4v) is 0.922. The monoisotopic (exact) mass is 180 g/mol. The summed E-state index contributed by atoms with van der Waals surface area (Å²) in [5.41, 5.74) is 5.09. The van der Waals surface area contributed by atoms with E-state index < -0.39 is 5.91 Å². The van der Waals surface area contributed by atoms with E-state index in [9.17, 15) is 9.70 Å². The molecular formula is C8H8N2O3. The van der Waals surface area contributed by atoms with Crippen molar-refractivity contribution in [2.75, 3.05) is 7.11 Å². The highest BCUT2D eigenvalue weighted by Gasteiger charge is 2.09. The van der Waals surface area contributed by atoms with Gasteiger partial charge in [0, 0.05) is 6.07 Å². The van der Waals surface area contributed by atoms with E-state index in [0.29, 0.717) is 5.75 Å². The van der Waals surface area contributed by atoms with E-state index >= 15 is 0 Å². The summed E-state index contributed by atoms with van der Waals surface area (Å²) in [6.07, 6.45) is 0. The second kappa shape index (κ2) is 3.66. The number of ether oxygens (including phenoxy) is 1. The lowest BCUT2D eigenvalue weighted by molar-refractivity contribution is 0.100. The van der Waals surface area contributed by atoms with Crippen molar-refractivity contribution in [3.63, 3.8) is 0 Å². The van der Waals surface area contributed by atoms with E-state index in [1.54, 1.807) is 0 Å². The lowest BCUT2D eigenvalue weighted by Gasteiger charge is -2.02. The van der Waals surface area contributed by atoms with Crippen LogP contribution in [0.2, 0.25) is 0 Å². The molecule has 0 aliphatic carbocycles. The third-order valence-corrected chi connectivity index (χ3v) is 1.57. The van der Waals surface area contributed by atoms with Gasteiger partial charge in [-0.3, -0.25) is 4.79 Å². The molecule has 1 aromatic carbocycles. The van der Waals surface area contributed by atoms with Gasteiger partial charge in [-0.05, 0) is 17.3 Å². The van der Waals surface area contributed by atoms with Crippen molar-refractivity contribution >= 4 is 11.6 Å². The molecule has 0 atom stereocenters. The fraction of sp³-hybridized carbons (Fsp3) is 0.125. The van der Waals surface area contributed by atoms with Crippen LogP contribution in [0.15, 0.2) is 23.4 Å². The van der Waals surface area contributed by atoms with Crippen molar-refractivity contribution < 1.29 is 9.53 Å². The smallest absolute Gasteiger partial charge is 0.251 e. The van der Waals surface area contributed by atoms with Crippen molar-refractivity contribution in [1.82, 2.24) is 0 Å². The van der Waals surface area contributed by atoms with Crippen LogP contribution in [0, 0.1) is 4.91 Å². The summed E-state index contributed by atoms with van der Waals surface area (Å²) in [6, 6.07) is 4.29. The van der Waals surface area contributed by atoms with Crippen LogP contribution in [0.5, 0.6) is 5.75 Å². The molecule has 5 nitrogen and oxygen atoms in total. The van der Waals surface area contributed by atoms with E-state index in [-0.39, 0.29) is 11.3 Å². The van der Waals surface area contributed by atoms with E-state index in [1.807, 2.05) is 0 Å². The third-order valence-electron chi connectivity index (χ3n) is 1.57. The summed E-state index contributed by atoms with van der Waals surface area (Å²) in [7, 11) is 1.45. The van der Waals surface area contributed by atoms with Gasteiger partial charge in [0.05, 0.1) is 12.7 Å². The molecule has 0 bridgehead atoms. The number of hydrogen-bond donors (Lipinski definition) is 1. The maximum absolute atomic E-state index is 10.8. The van der Waals surface area contributed by atoms with Crippen molar-refractivity contribution in [3.05, 3.63) is 28.7 Å². The summed E-state index contributed by atoms with van der Waals surface area (Å²) in [4.78, 5) is 21.0. The predicted octanol–water partition coefficient (Wildman–Crippen LogP) is 1.19. The minimum absolute atomic E-state index is 0.00755. The van der Waals surface area contributed by atoms with Gasteiger partial charge in [0.25, 0.3) is 5.91 Å². The first-order valence-corrected chi connectivity index (χ1v) is 3.50. The molecule has 0 heterocycles. The molecule has 1 rings (SSSR count). The number of methoxy groups -OCH3 is 1. The van der Waals surface area contributed by atoms with Crippen LogP contribution in [0.4, 0.5) is 5.69 Å². The molecule has 5 heteroatoms. The van der Waals surface area contributed by atoms with E-state index in [2.05, 4.69) is 5.18 Å².